The molecule has 126 valence electrons. The zero-order valence-corrected chi connectivity index (χ0v) is 13.9. The number of aromatic nitrogens is 2. The third-order valence-corrected chi connectivity index (χ3v) is 4.31. The molecule has 6 nitrogen and oxygen atoms in total. The van der Waals surface area contributed by atoms with Gasteiger partial charge in [-0.15, -0.1) is 0 Å². The molecule has 0 aliphatic carbocycles. The molecule has 1 aliphatic rings. The Labute approximate surface area is 141 Å². The minimum Gasteiger partial charge on any atom is -0.394 e. The maximum Gasteiger partial charge on any atom is 0.140 e. The Kier molecular flexibility index (Phi) is 4.66. The van der Waals surface area contributed by atoms with E-state index in [-0.39, 0.29) is 18.5 Å². The number of aliphatic hydroxyl groups excluding tert-OH is 1. The zero-order valence-electron chi connectivity index (χ0n) is 13.9. The first kappa shape index (κ1) is 16.3. The Bertz CT molecular complexity index is 805. The summed E-state index contributed by atoms with van der Waals surface area (Å²) in [5, 5.41) is 10.7. The fourth-order valence-electron chi connectivity index (χ4n) is 3.32. The van der Waals surface area contributed by atoms with Crippen molar-refractivity contribution in [3.63, 3.8) is 0 Å². The van der Waals surface area contributed by atoms with E-state index in [0.29, 0.717) is 0 Å². The molecule has 24 heavy (non-hydrogen) atoms. The molecule has 0 bridgehead atoms. The third kappa shape index (κ3) is 2.92. The second kappa shape index (κ2) is 6.88. The average molecular weight is 325 g/mol. The lowest BCUT2D eigenvalue weighted by Crippen LogP contribution is -2.32. The summed E-state index contributed by atoms with van der Waals surface area (Å²) in [4.78, 5) is 14.3. The predicted molar refractivity (Wildman–Crippen MR) is 98.2 cm³/mol. The van der Waals surface area contributed by atoms with Crippen LogP contribution in [0.4, 0.5) is 5.69 Å². The summed E-state index contributed by atoms with van der Waals surface area (Å²) < 4.78 is 0. The molecule has 2 aromatic heterocycles. The van der Waals surface area contributed by atoms with Crippen molar-refractivity contribution in [1.82, 2.24) is 9.97 Å². The van der Waals surface area contributed by atoms with Gasteiger partial charge in [-0.3, -0.25) is 0 Å². The Morgan fingerprint density at radius 2 is 2.46 bits per heavy atom. The topological polar surface area (TPSA) is 90.5 Å². The Balaban J connectivity index is 2.19. The van der Waals surface area contributed by atoms with Crippen LogP contribution in [0.5, 0.6) is 0 Å². The van der Waals surface area contributed by atoms with Crippen LogP contribution in [0, 0.1) is 0 Å². The number of H-pyrrole nitrogens is 1. The van der Waals surface area contributed by atoms with E-state index in [1.54, 1.807) is 6.20 Å². The minimum absolute atomic E-state index is 0.143. The molecule has 3 rings (SSSR count). The van der Waals surface area contributed by atoms with Gasteiger partial charge >= 0.3 is 0 Å². The van der Waals surface area contributed by atoms with Crippen molar-refractivity contribution in [3.8, 4) is 0 Å². The van der Waals surface area contributed by atoms with Crippen LogP contribution in [0.2, 0.25) is 0 Å². The van der Waals surface area contributed by atoms with Crippen molar-refractivity contribution in [2.45, 2.75) is 25.8 Å². The van der Waals surface area contributed by atoms with Gasteiger partial charge in [-0.1, -0.05) is 12.7 Å². The number of aromatic amines is 1. The highest BCUT2D eigenvalue weighted by Gasteiger charge is 2.27. The van der Waals surface area contributed by atoms with Gasteiger partial charge in [-0.2, -0.15) is 0 Å². The molecule has 1 fully saturated rings. The SMILES string of the molecule is C=C(N)/N=C(\C=C/C)c1c[nH]c2nccc(N3CCCC3CO)c12. The number of hydrogen-bond acceptors (Lipinski definition) is 5. The number of nitrogens with zero attached hydrogens (tertiary/aromatic N) is 3. The largest absolute Gasteiger partial charge is 0.394 e. The first-order valence-electron chi connectivity index (χ1n) is 8.15. The van der Waals surface area contributed by atoms with E-state index >= 15 is 0 Å². The number of fused-ring (bicyclic) bond motifs is 1. The van der Waals surface area contributed by atoms with Crippen LogP contribution >= 0.6 is 0 Å². The van der Waals surface area contributed by atoms with Crippen LogP contribution in [0.25, 0.3) is 11.0 Å². The zero-order chi connectivity index (χ0) is 17.1. The van der Waals surface area contributed by atoms with Crippen molar-refractivity contribution in [2.75, 3.05) is 18.1 Å². The summed E-state index contributed by atoms with van der Waals surface area (Å²) in [5.41, 5.74) is 9.22. The van der Waals surface area contributed by atoms with E-state index in [4.69, 9.17) is 5.73 Å². The maximum absolute atomic E-state index is 9.67. The van der Waals surface area contributed by atoms with E-state index in [1.807, 2.05) is 31.3 Å². The molecular formula is C18H23N5O. The molecular weight excluding hydrogens is 302 g/mol. The van der Waals surface area contributed by atoms with Gasteiger partial charge in [0.05, 0.1) is 29.4 Å². The van der Waals surface area contributed by atoms with Crippen LogP contribution in [0.15, 0.2) is 48.0 Å². The maximum atomic E-state index is 9.67. The Morgan fingerprint density at radius 1 is 1.62 bits per heavy atom. The summed E-state index contributed by atoms with van der Waals surface area (Å²) >= 11 is 0. The van der Waals surface area contributed by atoms with Crippen molar-refractivity contribution in [1.29, 1.82) is 0 Å². The molecule has 6 heteroatoms. The van der Waals surface area contributed by atoms with Gasteiger partial charge in [0.1, 0.15) is 11.5 Å². The second-order valence-electron chi connectivity index (χ2n) is 5.92. The van der Waals surface area contributed by atoms with E-state index in [0.717, 1.165) is 47.4 Å². The average Bonchev–Trinajstić information content (AvgIpc) is 3.20. The summed E-state index contributed by atoms with van der Waals surface area (Å²) in [5.74, 6) is 0.261. The lowest BCUT2D eigenvalue weighted by Gasteiger charge is -2.26. The van der Waals surface area contributed by atoms with Crippen LogP contribution in [-0.4, -0.2) is 40.0 Å². The van der Waals surface area contributed by atoms with Gasteiger partial charge in [0.25, 0.3) is 0 Å². The quantitative estimate of drug-likeness (QED) is 0.736. The molecule has 0 aromatic carbocycles. The minimum atomic E-state index is 0.143. The Hall–Kier alpha value is -2.60. The third-order valence-electron chi connectivity index (χ3n) is 4.31. The number of allylic oxidation sites excluding steroid dienone is 2. The number of pyridine rings is 1. The van der Waals surface area contributed by atoms with Crippen LogP contribution < -0.4 is 10.6 Å². The molecule has 1 saturated heterocycles. The highest BCUT2D eigenvalue weighted by molar-refractivity contribution is 6.18. The molecule has 0 amide bonds. The van der Waals surface area contributed by atoms with Crippen molar-refractivity contribution in [3.05, 3.63) is 48.6 Å². The summed E-state index contributed by atoms with van der Waals surface area (Å²) in [7, 11) is 0. The molecule has 3 heterocycles. The lowest BCUT2D eigenvalue weighted by molar-refractivity contribution is 0.266. The van der Waals surface area contributed by atoms with Gasteiger partial charge in [-0.25, -0.2) is 9.98 Å². The summed E-state index contributed by atoms with van der Waals surface area (Å²) in [6.45, 7) is 6.69. The first-order chi connectivity index (χ1) is 11.7. The molecule has 0 saturated carbocycles. The van der Waals surface area contributed by atoms with Gasteiger partial charge in [-0.05, 0) is 31.9 Å². The first-order valence-corrected chi connectivity index (χ1v) is 8.15. The van der Waals surface area contributed by atoms with Gasteiger partial charge in [0.2, 0.25) is 0 Å². The monoisotopic (exact) mass is 325 g/mol. The van der Waals surface area contributed by atoms with Crippen molar-refractivity contribution in [2.24, 2.45) is 10.7 Å². The lowest BCUT2D eigenvalue weighted by atomic mass is 10.1. The number of rotatable bonds is 5. The number of anilines is 1. The molecule has 0 radical (unpaired) electrons. The van der Waals surface area contributed by atoms with E-state index < -0.39 is 0 Å². The van der Waals surface area contributed by atoms with Crippen molar-refractivity contribution < 1.29 is 5.11 Å². The number of hydrogen-bond donors (Lipinski definition) is 3. The standard InChI is InChI=1S/C18H23N5O/c1-3-5-15(22-12(2)19)14-10-21-18-17(14)16(7-8-20-18)23-9-4-6-13(23)11-24/h3,5,7-8,10,13,24H,2,4,6,9,11,19H2,1H3,(H,20,21)/b5-3-,22-15+. The highest BCUT2D eigenvalue weighted by atomic mass is 16.3. The van der Waals surface area contributed by atoms with E-state index in [2.05, 4.69) is 26.4 Å². The fraction of sp³-hybridized carbons (Fsp3) is 0.333. The van der Waals surface area contributed by atoms with Crippen LogP contribution in [0.3, 0.4) is 0 Å². The van der Waals surface area contributed by atoms with Gasteiger partial charge in [0.15, 0.2) is 0 Å². The molecule has 1 aliphatic heterocycles. The number of aliphatic imine (C=N–C) groups is 1. The number of aliphatic hydroxyl groups is 1. The van der Waals surface area contributed by atoms with Crippen molar-refractivity contribution >= 4 is 22.4 Å². The van der Waals surface area contributed by atoms with Gasteiger partial charge in [0, 0.05) is 24.5 Å². The number of nitrogens with two attached hydrogens (primary N) is 1. The fourth-order valence-corrected chi connectivity index (χ4v) is 3.32. The normalized spacial score (nSPS) is 18.8. The molecule has 1 unspecified atom stereocenters. The molecule has 1 atom stereocenters. The van der Waals surface area contributed by atoms with Crippen LogP contribution in [-0.2, 0) is 0 Å². The van der Waals surface area contributed by atoms with E-state index in [1.165, 1.54) is 0 Å². The predicted octanol–water partition coefficient (Wildman–Crippen LogP) is 2.32. The number of nitrogens with one attached hydrogen (secondary N) is 1. The molecule has 2 aromatic rings. The summed E-state index contributed by atoms with van der Waals surface area (Å²) in [6, 6.07) is 2.14. The summed E-state index contributed by atoms with van der Waals surface area (Å²) in [6.07, 6.45) is 9.58. The molecule has 4 N–H and O–H groups in total. The molecule has 0 spiro atoms. The Morgan fingerprint density at radius 3 is 3.17 bits per heavy atom. The van der Waals surface area contributed by atoms with E-state index in [9.17, 15) is 5.11 Å². The van der Waals surface area contributed by atoms with Gasteiger partial charge < -0.3 is 20.7 Å². The smallest absolute Gasteiger partial charge is 0.140 e. The second-order valence-corrected chi connectivity index (χ2v) is 5.92. The van der Waals surface area contributed by atoms with Crippen LogP contribution in [0.1, 0.15) is 25.3 Å². The highest BCUT2D eigenvalue weighted by Crippen LogP contribution is 2.33.